The number of benzene rings is 1. The zero-order valence-electron chi connectivity index (χ0n) is 14.3. The summed E-state index contributed by atoms with van der Waals surface area (Å²) in [7, 11) is 0. The molecular weight excluding hydrogens is 367 g/mol. The smallest absolute Gasteiger partial charge is 0.366 e. The van der Waals surface area contributed by atoms with E-state index in [2.05, 4.69) is 10.3 Å². The van der Waals surface area contributed by atoms with Crippen LogP contribution in [0.5, 0.6) is 0 Å². The van der Waals surface area contributed by atoms with Crippen molar-refractivity contribution in [1.82, 2.24) is 10.2 Å². The fourth-order valence-corrected chi connectivity index (χ4v) is 2.94. The minimum absolute atomic E-state index is 0.0294. The number of piperazine rings is 1. The lowest BCUT2D eigenvalue weighted by atomic mass is 10.1. The molecule has 1 heterocycles. The maximum absolute atomic E-state index is 13.1. The van der Waals surface area contributed by atoms with Gasteiger partial charge in [0.25, 0.3) is 0 Å². The van der Waals surface area contributed by atoms with Gasteiger partial charge in [0, 0.05) is 33.1 Å². The normalized spacial score (nSPS) is 15.6. The van der Waals surface area contributed by atoms with E-state index in [1.807, 2.05) is 4.90 Å². The highest BCUT2D eigenvalue weighted by atomic mass is 32.2. The van der Waals surface area contributed by atoms with Crippen molar-refractivity contribution in [3.8, 4) is 6.19 Å². The van der Waals surface area contributed by atoms with Crippen molar-refractivity contribution < 1.29 is 18.0 Å². The molecule has 0 spiro atoms. The highest BCUT2D eigenvalue weighted by Gasteiger charge is 2.32. The lowest BCUT2D eigenvalue weighted by Crippen LogP contribution is -2.48. The van der Waals surface area contributed by atoms with E-state index in [-0.39, 0.29) is 16.8 Å². The number of thioether (sulfide) groups is 1. The van der Waals surface area contributed by atoms with Crippen molar-refractivity contribution in [2.75, 3.05) is 37.3 Å². The zero-order chi connectivity index (χ0) is 19.3. The molecule has 1 saturated heterocycles. The predicted molar refractivity (Wildman–Crippen MR) is 95.3 cm³/mol. The predicted octanol–water partition coefficient (Wildman–Crippen LogP) is 2.80. The molecule has 26 heavy (non-hydrogen) atoms. The number of nitrogens with zero attached hydrogens (tertiary/aromatic N) is 4. The Labute approximate surface area is 153 Å². The van der Waals surface area contributed by atoms with Gasteiger partial charge in [0.1, 0.15) is 0 Å². The summed E-state index contributed by atoms with van der Waals surface area (Å²) in [5, 5.41) is 11.3. The molecule has 1 fully saturated rings. The summed E-state index contributed by atoms with van der Waals surface area (Å²) in [6.45, 7) is 3.46. The molecule has 6 nitrogen and oxygen atoms in total. The fourth-order valence-electron chi connectivity index (χ4n) is 2.60. The third-order valence-electron chi connectivity index (χ3n) is 3.95. The Morgan fingerprint density at radius 3 is 2.46 bits per heavy atom. The van der Waals surface area contributed by atoms with E-state index in [4.69, 9.17) is 5.26 Å². The highest BCUT2D eigenvalue weighted by molar-refractivity contribution is 8.13. The number of hydrogen-bond acceptors (Lipinski definition) is 5. The number of carbonyl (C=O) groups excluding carboxylic acids is 1. The van der Waals surface area contributed by atoms with Crippen molar-refractivity contribution in [2.24, 2.45) is 4.99 Å². The summed E-state index contributed by atoms with van der Waals surface area (Å²) >= 11 is 1.13. The van der Waals surface area contributed by atoms with E-state index in [0.717, 1.165) is 23.9 Å². The second-order valence-corrected chi connectivity index (χ2v) is 6.35. The molecule has 0 radical (unpaired) electrons. The Morgan fingerprint density at radius 2 is 1.96 bits per heavy atom. The molecule has 0 saturated carbocycles. The topological polar surface area (TPSA) is 71.7 Å². The van der Waals surface area contributed by atoms with Gasteiger partial charge in [-0.2, -0.15) is 18.4 Å². The number of rotatable bonds is 2. The van der Waals surface area contributed by atoms with Crippen LogP contribution >= 0.6 is 11.8 Å². The van der Waals surface area contributed by atoms with Crippen LogP contribution in [0.15, 0.2) is 23.2 Å². The van der Waals surface area contributed by atoms with Gasteiger partial charge in [0.2, 0.25) is 5.91 Å². The average Bonchev–Trinajstić information content (AvgIpc) is 2.60. The van der Waals surface area contributed by atoms with Gasteiger partial charge in [-0.3, -0.25) is 10.1 Å². The number of nitriles is 1. The molecule has 0 bridgehead atoms. The van der Waals surface area contributed by atoms with Crippen LogP contribution in [0.4, 0.5) is 24.5 Å². The van der Waals surface area contributed by atoms with Gasteiger partial charge in [-0.15, -0.1) is 0 Å². The zero-order valence-corrected chi connectivity index (χ0v) is 15.1. The molecule has 2 rings (SSSR count). The summed E-state index contributed by atoms with van der Waals surface area (Å²) in [5.74, 6) is -0.0294. The van der Waals surface area contributed by atoms with Gasteiger partial charge < -0.3 is 9.80 Å². The van der Waals surface area contributed by atoms with Crippen molar-refractivity contribution in [3.05, 3.63) is 23.8 Å². The van der Waals surface area contributed by atoms with Crippen LogP contribution in [-0.2, 0) is 11.0 Å². The quantitative estimate of drug-likeness (QED) is 0.367. The van der Waals surface area contributed by atoms with Crippen molar-refractivity contribution in [1.29, 1.82) is 5.26 Å². The summed E-state index contributed by atoms with van der Waals surface area (Å²) < 4.78 is 39.2. The Bertz CT molecular complexity index is 736. The van der Waals surface area contributed by atoms with Crippen LogP contribution in [0.25, 0.3) is 0 Å². The van der Waals surface area contributed by atoms with Crippen molar-refractivity contribution in [2.45, 2.75) is 13.1 Å². The lowest BCUT2D eigenvalue weighted by molar-refractivity contribution is -0.137. The molecule has 1 N–H and O–H groups in total. The first-order chi connectivity index (χ1) is 12.3. The molecule has 1 amide bonds. The number of aliphatic imine (C=N–C) groups is 1. The Kier molecular flexibility index (Phi) is 6.37. The number of amides is 1. The Morgan fingerprint density at radius 1 is 1.31 bits per heavy atom. The first-order valence-electron chi connectivity index (χ1n) is 7.75. The van der Waals surface area contributed by atoms with Gasteiger partial charge in [0.05, 0.1) is 16.9 Å². The Balaban J connectivity index is 2.39. The molecule has 1 aromatic carbocycles. The van der Waals surface area contributed by atoms with Crippen LogP contribution < -0.4 is 10.2 Å². The van der Waals surface area contributed by atoms with Crippen LogP contribution in [0.1, 0.15) is 12.5 Å². The summed E-state index contributed by atoms with van der Waals surface area (Å²) in [6.07, 6.45) is -1.10. The molecule has 1 aliphatic heterocycles. The molecule has 140 valence electrons. The van der Waals surface area contributed by atoms with Gasteiger partial charge in [-0.1, -0.05) is 11.8 Å². The molecule has 0 atom stereocenters. The van der Waals surface area contributed by atoms with Crippen LogP contribution in [0, 0.1) is 11.5 Å². The standard InChI is InChI=1S/C16H18F3N5OS/c1-11(25)23-5-7-24(8-6-23)14-4-3-12(16(17,18)19)9-13(14)22-15(26-2)21-10-20/h3-4,9H,5-8H2,1-2H3,(H,21,22). The molecule has 0 unspecified atom stereocenters. The molecule has 0 aromatic heterocycles. The number of alkyl halides is 3. The molecule has 1 aliphatic rings. The number of amidine groups is 1. The summed E-state index contributed by atoms with van der Waals surface area (Å²) in [5.41, 5.74) is -0.143. The summed E-state index contributed by atoms with van der Waals surface area (Å²) in [6, 6.07) is 3.37. The third-order valence-corrected chi connectivity index (χ3v) is 4.53. The monoisotopic (exact) mass is 385 g/mol. The van der Waals surface area contributed by atoms with Crippen molar-refractivity contribution in [3.63, 3.8) is 0 Å². The largest absolute Gasteiger partial charge is 0.416 e. The second kappa shape index (κ2) is 8.31. The molecule has 1 aromatic rings. The van der Waals surface area contributed by atoms with Gasteiger partial charge in [-0.05, 0) is 24.5 Å². The van der Waals surface area contributed by atoms with E-state index in [9.17, 15) is 18.0 Å². The van der Waals surface area contributed by atoms with E-state index in [1.165, 1.54) is 13.0 Å². The summed E-state index contributed by atoms with van der Waals surface area (Å²) in [4.78, 5) is 19.2. The number of nitrogens with one attached hydrogen (secondary N) is 1. The lowest BCUT2D eigenvalue weighted by Gasteiger charge is -2.36. The molecule has 10 heteroatoms. The second-order valence-electron chi connectivity index (χ2n) is 5.55. The van der Waals surface area contributed by atoms with Crippen LogP contribution in [0.3, 0.4) is 0 Å². The minimum atomic E-state index is -4.49. The van der Waals surface area contributed by atoms with Crippen molar-refractivity contribution >= 4 is 34.2 Å². The van der Waals surface area contributed by atoms with E-state index in [0.29, 0.717) is 31.9 Å². The van der Waals surface area contributed by atoms with Gasteiger partial charge >= 0.3 is 6.18 Å². The van der Waals surface area contributed by atoms with E-state index in [1.54, 1.807) is 17.3 Å². The SMILES string of the molecule is CSC(=Nc1cc(C(F)(F)F)ccc1N1CCN(C(C)=O)CC1)NC#N. The first-order valence-corrected chi connectivity index (χ1v) is 8.98. The number of anilines is 1. The number of halogens is 3. The van der Waals surface area contributed by atoms with Crippen LogP contribution in [0.2, 0.25) is 0 Å². The minimum Gasteiger partial charge on any atom is -0.366 e. The average molecular weight is 385 g/mol. The highest BCUT2D eigenvalue weighted by Crippen LogP contribution is 2.37. The fraction of sp³-hybridized carbons (Fsp3) is 0.438. The molecule has 0 aliphatic carbocycles. The van der Waals surface area contributed by atoms with E-state index >= 15 is 0 Å². The Hall–Kier alpha value is -2.41. The van der Waals surface area contributed by atoms with Gasteiger partial charge in [0.15, 0.2) is 11.4 Å². The van der Waals surface area contributed by atoms with Gasteiger partial charge in [-0.25, -0.2) is 4.99 Å². The maximum Gasteiger partial charge on any atom is 0.416 e. The number of hydrogen-bond donors (Lipinski definition) is 1. The maximum atomic E-state index is 13.1. The first kappa shape index (κ1) is 19.9. The number of carbonyl (C=O) groups is 1. The third kappa shape index (κ3) is 4.82. The molecular formula is C16H18F3N5OS. The van der Waals surface area contributed by atoms with E-state index < -0.39 is 11.7 Å². The van der Waals surface area contributed by atoms with Crippen LogP contribution in [-0.4, -0.2) is 48.4 Å².